The Kier molecular flexibility index (Phi) is 6.03. The highest BCUT2D eigenvalue weighted by molar-refractivity contribution is 5.74. The lowest BCUT2D eigenvalue weighted by atomic mass is 10.0. The number of aliphatic carboxylic acids is 2. The normalized spacial score (nSPS) is 15.1. The van der Waals surface area contributed by atoms with Gasteiger partial charge in [-0.1, -0.05) is 20.8 Å². The minimum absolute atomic E-state index is 0.249. The van der Waals surface area contributed by atoms with Crippen molar-refractivity contribution in [1.29, 1.82) is 0 Å². The van der Waals surface area contributed by atoms with E-state index in [1.165, 1.54) is 0 Å². The molecule has 0 saturated carbocycles. The minimum atomic E-state index is -0.902. The number of carboxylic acid groups (broad SMARTS) is 2. The number of carboxylic acids is 2. The van der Waals surface area contributed by atoms with Gasteiger partial charge in [0.15, 0.2) is 0 Å². The van der Waals surface area contributed by atoms with Crippen molar-refractivity contribution in [2.45, 2.75) is 33.2 Å². The molecule has 0 saturated heterocycles. The molecular formula is C11H21NO4. The number of likely N-dealkylation sites (N-methyl/N-ethyl adjacent to an activating group) is 1. The molecule has 0 aliphatic heterocycles. The SMILES string of the molecule is CC(C)CC(C(=O)O)N(C)CC(C)C(=O)O. The molecule has 0 rings (SSSR count). The average Bonchev–Trinajstić information content (AvgIpc) is 2.12. The van der Waals surface area contributed by atoms with Crippen LogP contribution in [0.25, 0.3) is 0 Å². The Hall–Kier alpha value is -1.10. The van der Waals surface area contributed by atoms with Gasteiger partial charge in [-0.3, -0.25) is 14.5 Å². The number of rotatable bonds is 7. The zero-order chi connectivity index (χ0) is 12.9. The van der Waals surface area contributed by atoms with Crippen molar-refractivity contribution in [2.24, 2.45) is 11.8 Å². The maximum absolute atomic E-state index is 11.0. The van der Waals surface area contributed by atoms with Gasteiger partial charge in [0.2, 0.25) is 0 Å². The first kappa shape index (κ1) is 14.9. The van der Waals surface area contributed by atoms with Gasteiger partial charge in [0.25, 0.3) is 0 Å². The number of nitrogens with zero attached hydrogens (tertiary/aromatic N) is 1. The van der Waals surface area contributed by atoms with E-state index >= 15 is 0 Å². The van der Waals surface area contributed by atoms with E-state index in [1.807, 2.05) is 13.8 Å². The summed E-state index contributed by atoms with van der Waals surface area (Å²) in [7, 11) is 1.65. The van der Waals surface area contributed by atoms with Crippen LogP contribution >= 0.6 is 0 Å². The predicted octanol–water partition coefficient (Wildman–Crippen LogP) is 1.14. The summed E-state index contributed by atoms with van der Waals surface area (Å²) in [6, 6.07) is -0.609. The van der Waals surface area contributed by atoms with E-state index in [0.717, 1.165) is 0 Å². The van der Waals surface area contributed by atoms with Crippen LogP contribution in [0.5, 0.6) is 0 Å². The fraction of sp³-hybridized carbons (Fsp3) is 0.818. The molecular weight excluding hydrogens is 210 g/mol. The average molecular weight is 231 g/mol. The molecule has 0 aromatic rings. The number of hydrogen-bond acceptors (Lipinski definition) is 3. The summed E-state index contributed by atoms with van der Waals surface area (Å²) in [6.45, 7) is 5.72. The van der Waals surface area contributed by atoms with Crippen LogP contribution in [0, 0.1) is 11.8 Å². The highest BCUT2D eigenvalue weighted by Crippen LogP contribution is 2.12. The molecule has 0 aromatic heterocycles. The fourth-order valence-corrected chi connectivity index (χ4v) is 1.55. The van der Waals surface area contributed by atoms with E-state index in [1.54, 1.807) is 18.9 Å². The van der Waals surface area contributed by atoms with Crippen molar-refractivity contribution in [3.63, 3.8) is 0 Å². The molecule has 2 atom stereocenters. The zero-order valence-electron chi connectivity index (χ0n) is 10.3. The third-order valence-electron chi connectivity index (χ3n) is 2.50. The minimum Gasteiger partial charge on any atom is -0.481 e. The van der Waals surface area contributed by atoms with Crippen molar-refractivity contribution in [1.82, 2.24) is 4.90 Å². The first-order valence-electron chi connectivity index (χ1n) is 5.41. The van der Waals surface area contributed by atoms with E-state index < -0.39 is 23.9 Å². The summed E-state index contributed by atoms with van der Waals surface area (Å²) in [4.78, 5) is 23.3. The fourth-order valence-electron chi connectivity index (χ4n) is 1.55. The van der Waals surface area contributed by atoms with E-state index in [9.17, 15) is 9.59 Å². The van der Waals surface area contributed by atoms with Gasteiger partial charge in [-0.15, -0.1) is 0 Å². The summed E-state index contributed by atoms with van der Waals surface area (Å²) in [5.74, 6) is -2.09. The Labute approximate surface area is 96.1 Å². The van der Waals surface area contributed by atoms with E-state index in [-0.39, 0.29) is 12.5 Å². The molecule has 0 aliphatic rings. The predicted molar refractivity (Wildman–Crippen MR) is 60.3 cm³/mol. The zero-order valence-corrected chi connectivity index (χ0v) is 10.3. The highest BCUT2D eigenvalue weighted by Gasteiger charge is 2.26. The Morgan fingerprint density at radius 3 is 1.94 bits per heavy atom. The maximum Gasteiger partial charge on any atom is 0.320 e. The van der Waals surface area contributed by atoms with Crippen LogP contribution in [0.4, 0.5) is 0 Å². The lowest BCUT2D eigenvalue weighted by molar-refractivity contribution is -0.147. The second-order valence-corrected chi connectivity index (χ2v) is 4.66. The third kappa shape index (κ3) is 5.11. The second kappa shape index (κ2) is 6.48. The molecule has 0 heterocycles. The summed E-state index contributed by atoms with van der Waals surface area (Å²) >= 11 is 0. The van der Waals surface area contributed by atoms with Crippen LogP contribution in [-0.2, 0) is 9.59 Å². The molecule has 2 N–H and O–H groups in total. The third-order valence-corrected chi connectivity index (χ3v) is 2.50. The molecule has 5 nitrogen and oxygen atoms in total. The largest absolute Gasteiger partial charge is 0.481 e. The Morgan fingerprint density at radius 2 is 1.62 bits per heavy atom. The molecule has 0 radical (unpaired) electrons. The van der Waals surface area contributed by atoms with Gasteiger partial charge in [-0.25, -0.2) is 0 Å². The first-order chi connectivity index (χ1) is 7.25. The molecule has 0 fully saturated rings. The number of hydrogen-bond donors (Lipinski definition) is 2. The molecule has 0 bridgehead atoms. The van der Waals surface area contributed by atoms with Gasteiger partial charge < -0.3 is 10.2 Å². The van der Waals surface area contributed by atoms with Crippen LogP contribution in [-0.4, -0.2) is 46.7 Å². The first-order valence-corrected chi connectivity index (χ1v) is 5.41. The van der Waals surface area contributed by atoms with Gasteiger partial charge in [-0.05, 0) is 19.4 Å². The van der Waals surface area contributed by atoms with Crippen molar-refractivity contribution in [3.05, 3.63) is 0 Å². The standard InChI is InChI=1S/C11H21NO4/c1-7(2)5-9(11(15)16)12(4)6-8(3)10(13)14/h7-9H,5-6H2,1-4H3,(H,13,14)(H,15,16). The maximum atomic E-state index is 11.0. The van der Waals surface area contributed by atoms with Gasteiger partial charge in [0.05, 0.1) is 5.92 Å². The van der Waals surface area contributed by atoms with Gasteiger partial charge in [0.1, 0.15) is 6.04 Å². The molecule has 0 aromatic carbocycles. The van der Waals surface area contributed by atoms with E-state index in [0.29, 0.717) is 6.42 Å². The summed E-state index contributed by atoms with van der Waals surface area (Å²) in [6.07, 6.45) is 0.526. The van der Waals surface area contributed by atoms with Gasteiger partial charge >= 0.3 is 11.9 Å². The summed E-state index contributed by atoms with van der Waals surface area (Å²) < 4.78 is 0. The molecule has 0 spiro atoms. The van der Waals surface area contributed by atoms with Crippen LogP contribution in [0.3, 0.4) is 0 Å². The van der Waals surface area contributed by atoms with Gasteiger partial charge in [0, 0.05) is 6.54 Å². The van der Waals surface area contributed by atoms with Crippen LogP contribution in [0.15, 0.2) is 0 Å². The molecule has 94 valence electrons. The summed E-state index contributed by atoms with van der Waals surface area (Å²) in [5, 5.41) is 17.8. The molecule has 0 aliphatic carbocycles. The Morgan fingerprint density at radius 1 is 1.12 bits per heavy atom. The molecule has 0 amide bonds. The second-order valence-electron chi connectivity index (χ2n) is 4.66. The van der Waals surface area contributed by atoms with Crippen molar-refractivity contribution >= 4 is 11.9 Å². The lowest BCUT2D eigenvalue weighted by Gasteiger charge is -2.27. The highest BCUT2D eigenvalue weighted by atomic mass is 16.4. The molecule has 2 unspecified atom stereocenters. The van der Waals surface area contributed by atoms with Crippen LogP contribution in [0.1, 0.15) is 27.2 Å². The topological polar surface area (TPSA) is 77.8 Å². The smallest absolute Gasteiger partial charge is 0.320 e. The lowest BCUT2D eigenvalue weighted by Crippen LogP contribution is -2.42. The van der Waals surface area contributed by atoms with Crippen LogP contribution in [0.2, 0.25) is 0 Å². The molecule has 5 heteroatoms. The Balaban J connectivity index is 4.44. The van der Waals surface area contributed by atoms with Gasteiger partial charge in [-0.2, -0.15) is 0 Å². The van der Waals surface area contributed by atoms with Crippen molar-refractivity contribution < 1.29 is 19.8 Å². The van der Waals surface area contributed by atoms with Crippen molar-refractivity contribution in [3.8, 4) is 0 Å². The number of carbonyl (C=O) groups is 2. The monoisotopic (exact) mass is 231 g/mol. The quantitative estimate of drug-likeness (QED) is 0.687. The van der Waals surface area contributed by atoms with Crippen LogP contribution < -0.4 is 0 Å². The van der Waals surface area contributed by atoms with E-state index in [2.05, 4.69) is 0 Å². The summed E-state index contributed by atoms with van der Waals surface area (Å²) in [5.41, 5.74) is 0. The molecule has 16 heavy (non-hydrogen) atoms. The van der Waals surface area contributed by atoms with E-state index in [4.69, 9.17) is 10.2 Å². The Bertz CT molecular complexity index is 252. The van der Waals surface area contributed by atoms with Crippen molar-refractivity contribution in [2.75, 3.05) is 13.6 Å².